The van der Waals surface area contributed by atoms with E-state index in [-0.39, 0.29) is 0 Å². The zero-order chi connectivity index (χ0) is 16.8. The lowest BCUT2D eigenvalue weighted by molar-refractivity contribution is 0.0807. The highest BCUT2D eigenvalue weighted by Gasteiger charge is 2.29. The molecule has 1 aliphatic heterocycles. The van der Waals surface area contributed by atoms with Crippen molar-refractivity contribution in [1.29, 1.82) is 0 Å². The number of aromatic nitrogens is 3. The first-order valence-electron chi connectivity index (χ1n) is 9.94. The second-order valence-corrected chi connectivity index (χ2v) is 8.17. The number of rotatable bonds is 2. The van der Waals surface area contributed by atoms with Crippen LogP contribution in [0.4, 0.5) is 0 Å². The van der Waals surface area contributed by atoms with Crippen molar-refractivity contribution in [3.8, 4) is 0 Å². The number of ether oxygens (including phenoxy) is 1. The summed E-state index contributed by atoms with van der Waals surface area (Å²) in [5.41, 5.74) is 6.33. The number of imidazole rings is 1. The molecule has 1 saturated heterocycles. The number of fused-ring (bicyclic) bond motifs is 3. The summed E-state index contributed by atoms with van der Waals surface area (Å²) in [5.74, 6) is 2.06. The minimum atomic E-state index is 0.614. The van der Waals surface area contributed by atoms with Gasteiger partial charge in [-0.05, 0) is 43.1 Å². The van der Waals surface area contributed by atoms with E-state index in [4.69, 9.17) is 14.7 Å². The molecule has 4 heteroatoms. The van der Waals surface area contributed by atoms with Gasteiger partial charge in [-0.3, -0.25) is 9.38 Å². The topological polar surface area (TPSA) is 39.4 Å². The Hall–Kier alpha value is -1.68. The average Bonchev–Trinajstić information content (AvgIpc) is 3.26. The number of allylic oxidation sites excluding steroid dienone is 2. The maximum atomic E-state index is 5.57. The first-order chi connectivity index (χ1) is 12.3. The highest BCUT2D eigenvalue weighted by atomic mass is 16.5. The van der Waals surface area contributed by atoms with E-state index in [9.17, 15) is 0 Å². The molecule has 3 heterocycles. The Kier molecular flexibility index (Phi) is 3.89. The summed E-state index contributed by atoms with van der Waals surface area (Å²) in [6.45, 7) is 4.15. The summed E-state index contributed by atoms with van der Waals surface area (Å²) in [4.78, 5) is 9.72. The third-order valence-electron chi connectivity index (χ3n) is 6.41. The van der Waals surface area contributed by atoms with Crippen molar-refractivity contribution in [2.75, 3.05) is 13.2 Å². The second kappa shape index (κ2) is 6.24. The van der Waals surface area contributed by atoms with Crippen LogP contribution in [0.5, 0.6) is 0 Å². The Balaban J connectivity index is 1.53. The summed E-state index contributed by atoms with van der Waals surface area (Å²) in [5, 5.41) is 0. The van der Waals surface area contributed by atoms with Crippen LogP contribution in [0.3, 0.4) is 0 Å². The Morgan fingerprint density at radius 2 is 2.00 bits per heavy atom. The van der Waals surface area contributed by atoms with Gasteiger partial charge in [-0.2, -0.15) is 0 Å². The normalized spacial score (nSPS) is 27.5. The van der Waals surface area contributed by atoms with Gasteiger partial charge < -0.3 is 4.74 Å². The largest absolute Gasteiger partial charge is 0.381 e. The molecule has 132 valence electrons. The standard InChI is InChI=1S/C21H27N3O/c1-14-3-2-4-16(11-14)19-13-24-20(23-19)12-22-18-6-5-17(21(18)24)15-7-9-25-10-8-15/h5,12-16H,2-4,6-11H2,1H3. The molecule has 2 aromatic heterocycles. The first kappa shape index (κ1) is 15.6. The molecule has 1 saturated carbocycles. The molecule has 0 bridgehead atoms. The Morgan fingerprint density at radius 1 is 1.12 bits per heavy atom. The molecular formula is C21H27N3O. The summed E-state index contributed by atoms with van der Waals surface area (Å²) < 4.78 is 7.90. The zero-order valence-electron chi connectivity index (χ0n) is 15.1. The summed E-state index contributed by atoms with van der Waals surface area (Å²) in [7, 11) is 0. The Bertz CT molecular complexity index is 816. The van der Waals surface area contributed by atoms with Gasteiger partial charge in [0.15, 0.2) is 5.65 Å². The van der Waals surface area contributed by atoms with Crippen LogP contribution in [-0.4, -0.2) is 27.6 Å². The van der Waals surface area contributed by atoms with Gasteiger partial charge in [0.05, 0.1) is 23.3 Å². The van der Waals surface area contributed by atoms with Crippen LogP contribution in [0.25, 0.3) is 11.2 Å². The zero-order valence-corrected chi connectivity index (χ0v) is 15.1. The number of hydrogen-bond acceptors (Lipinski definition) is 3. The Labute approximate surface area is 149 Å². The molecule has 2 fully saturated rings. The van der Waals surface area contributed by atoms with Crippen LogP contribution in [0.1, 0.15) is 68.4 Å². The van der Waals surface area contributed by atoms with E-state index in [0.29, 0.717) is 11.8 Å². The highest BCUT2D eigenvalue weighted by Crippen LogP contribution is 2.39. The quantitative estimate of drug-likeness (QED) is 0.816. The maximum Gasteiger partial charge on any atom is 0.156 e. The lowest BCUT2D eigenvalue weighted by Crippen LogP contribution is -2.17. The van der Waals surface area contributed by atoms with Crippen LogP contribution in [0, 0.1) is 11.8 Å². The molecule has 2 aromatic rings. The predicted octanol–water partition coefficient (Wildman–Crippen LogP) is 4.39. The summed E-state index contributed by atoms with van der Waals surface area (Å²) >= 11 is 0. The SMILES string of the molecule is CC1CCCC(c2cn3c4c(ncc3n2)CC=C4C2CCOCC2)C1. The van der Waals surface area contributed by atoms with Crippen LogP contribution < -0.4 is 0 Å². The van der Waals surface area contributed by atoms with Crippen molar-refractivity contribution < 1.29 is 4.74 Å². The van der Waals surface area contributed by atoms with Gasteiger partial charge in [0.1, 0.15) is 0 Å². The van der Waals surface area contributed by atoms with Crippen molar-refractivity contribution in [3.05, 3.63) is 35.6 Å². The predicted molar refractivity (Wildman–Crippen MR) is 98.6 cm³/mol. The van der Waals surface area contributed by atoms with E-state index in [1.54, 1.807) is 0 Å². The number of hydrogen-bond donors (Lipinski definition) is 0. The highest BCUT2D eigenvalue weighted by molar-refractivity contribution is 5.73. The van der Waals surface area contributed by atoms with Crippen LogP contribution in [0.15, 0.2) is 18.5 Å². The fourth-order valence-corrected chi connectivity index (χ4v) is 5.05. The molecule has 0 radical (unpaired) electrons. The van der Waals surface area contributed by atoms with Gasteiger partial charge in [0.25, 0.3) is 0 Å². The molecule has 25 heavy (non-hydrogen) atoms. The van der Waals surface area contributed by atoms with Crippen molar-refractivity contribution in [2.24, 2.45) is 11.8 Å². The molecule has 2 unspecified atom stereocenters. The molecule has 2 aliphatic carbocycles. The molecule has 0 amide bonds. The van der Waals surface area contributed by atoms with E-state index >= 15 is 0 Å². The third kappa shape index (κ3) is 2.71. The average molecular weight is 337 g/mol. The van der Waals surface area contributed by atoms with E-state index in [2.05, 4.69) is 23.6 Å². The van der Waals surface area contributed by atoms with Gasteiger partial charge in [0.2, 0.25) is 0 Å². The van der Waals surface area contributed by atoms with Crippen molar-refractivity contribution in [1.82, 2.24) is 14.4 Å². The fourth-order valence-electron chi connectivity index (χ4n) is 5.05. The van der Waals surface area contributed by atoms with Gasteiger partial charge in [0, 0.05) is 31.7 Å². The monoisotopic (exact) mass is 337 g/mol. The van der Waals surface area contributed by atoms with Crippen molar-refractivity contribution >= 4 is 11.2 Å². The molecule has 0 spiro atoms. The van der Waals surface area contributed by atoms with E-state index in [0.717, 1.165) is 44.0 Å². The van der Waals surface area contributed by atoms with E-state index in [1.807, 2.05) is 6.20 Å². The molecule has 0 aromatic carbocycles. The third-order valence-corrected chi connectivity index (χ3v) is 6.41. The molecule has 3 aliphatic rings. The van der Waals surface area contributed by atoms with Crippen molar-refractivity contribution in [3.63, 3.8) is 0 Å². The Morgan fingerprint density at radius 3 is 2.84 bits per heavy atom. The van der Waals surface area contributed by atoms with Crippen LogP contribution >= 0.6 is 0 Å². The molecular weight excluding hydrogens is 310 g/mol. The minimum absolute atomic E-state index is 0.614. The summed E-state index contributed by atoms with van der Waals surface area (Å²) in [6, 6.07) is 0. The molecule has 2 atom stereocenters. The lowest BCUT2D eigenvalue weighted by Gasteiger charge is -2.25. The summed E-state index contributed by atoms with van der Waals surface area (Å²) in [6.07, 6.45) is 15.2. The second-order valence-electron chi connectivity index (χ2n) is 8.17. The molecule has 5 rings (SSSR count). The van der Waals surface area contributed by atoms with Gasteiger partial charge in [-0.15, -0.1) is 0 Å². The maximum absolute atomic E-state index is 5.57. The fraction of sp³-hybridized carbons (Fsp3) is 0.619. The van der Waals surface area contributed by atoms with Crippen LogP contribution in [-0.2, 0) is 11.2 Å². The number of nitrogens with zero attached hydrogens (tertiary/aromatic N) is 3. The smallest absolute Gasteiger partial charge is 0.156 e. The molecule has 0 N–H and O–H groups in total. The molecule has 4 nitrogen and oxygen atoms in total. The van der Waals surface area contributed by atoms with Gasteiger partial charge >= 0.3 is 0 Å². The van der Waals surface area contributed by atoms with E-state index < -0.39 is 0 Å². The van der Waals surface area contributed by atoms with Gasteiger partial charge in [-0.1, -0.05) is 25.8 Å². The van der Waals surface area contributed by atoms with Crippen LogP contribution in [0.2, 0.25) is 0 Å². The van der Waals surface area contributed by atoms with E-state index in [1.165, 1.54) is 48.3 Å². The van der Waals surface area contributed by atoms with Crippen molar-refractivity contribution in [2.45, 2.75) is 57.8 Å². The minimum Gasteiger partial charge on any atom is -0.381 e. The lowest BCUT2D eigenvalue weighted by atomic mass is 9.81. The van der Waals surface area contributed by atoms with Gasteiger partial charge in [-0.25, -0.2) is 4.98 Å². The first-order valence-corrected chi connectivity index (χ1v) is 9.94.